The Labute approximate surface area is 121 Å². The normalized spacial score (nSPS) is 12.5. The van der Waals surface area contributed by atoms with Crippen LogP contribution in [0.5, 0.6) is 5.75 Å². The molecule has 1 aromatic rings. The van der Waals surface area contributed by atoms with E-state index in [-0.39, 0.29) is 0 Å². The van der Waals surface area contributed by atoms with Crippen molar-refractivity contribution in [2.24, 2.45) is 5.73 Å². The summed E-state index contributed by atoms with van der Waals surface area (Å²) in [6, 6.07) is 6.59. The van der Waals surface area contributed by atoms with Crippen LogP contribution in [0.4, 0.5) is 0 Å². The van der Waals surface area contributed by atoms with Crippen molar-refractivity contribution >= 4 is 17.2 Å². The van der Waals surface area contributed by atoms with Crippen molar-refractivity contribution in [3.63, 3.8) is 0 Å². The van der Waals surface area contributed by atoms with E-state index in [1.807, 2.05) is 12.1 Å². The van der Waals surface area contributed by atoms with Crippen LogP contribution >= 0.6 is 12.2 Å². The molecule has 1 unspecified atom stereocenters. The highest BCUT2D eigenvalue weighted by Gasteiger charge is 2.11. The molecule has 0 amide bonds. The molecule has 1 aromatic carbocycles. The highest BCUT2D eigenvalue weighted by molar-refractivity contribution is 7.80. The molecule has 0 fully saturated rings. The van der Waals surface area contributed by atoms with Crippen LogP contribution in [-0.2, 0) is 6.54 Å². The minimum atomic E-state index is 0.378. The van der Waals surface area contributed by atoms with Gasteiger partial charge in [0.05, 0.1) is 12.7 Å². The monoisotopic (exact) mass is 280 g/mol. The second kappa shape index (κ2) is 7.46. The minimum Gasteiger partial charge on any atom is -0.496 e. The zero-order valence-corrected chi connectivity index (χ0v) is 13.1. The fraction of sp³-hybridized carbons (Fsp3) is 0.533. The first kappa shape index (κ1) is 15.9. The van der Waals surface area contributed by atoms with E-state index >= 15 is 0 Å². The van der Waals surface area contributed by atoms with Crippen LogP contribution in [0.2, 0.25) is 0 Å². The highest BCUT2D eigenvalue weighted by Crippen LogP contribution is 2.21. The summed E-state index contributed by atoms with van der Waals surface area (Å²) in [6.07, 6.45) is 2.40. The molecular formula is C15H24N2OS. The van der Waals surface area contributed by atoms with Crippen molar-refractivity contribution in [1.82, 2.24) is 4.90 Å². The third-order valence-electron chi connectivity index (χ3n) is 3.42. The standard InChI is InChI=1S/C15H24N2OS/c1-5-6-11(2)17(3)10-12-7-8-14(18-4)13(9-12)15(16)19/h7-9,11H,5-6,10H2,1-4H3,(H2,16,19). The molecule has 0 heterocycles. The fourth-order valence-corrected chi connectivity index (χ4v) is 2.29. The third kappa shape index (κ3) is 4.48. The second-order valence-corrected chi connectivity index (χ2v) is 5.39. The van der Waals surface area contributed by atoms with Crippen molar-refractivity contribution < 1.29 is 4.74 Å². The molecule has 0 saturated carbocycles. The lowest BCUT2D eigenvalue weighted by Gasteiger charge is -2.24. The molecule has 0 aliphatic heterocycles. The van der Waals surface area contributed by atoms with Crippen LogP contribution in [0, 0.1) is 0 Å². The predicted molar refractivity (Wildman–Crippen MR) is 84.7 cm³/mol. The number of rotatable bonds is 7. The van der Waals surface area contributed by atoms with E-state index in [1.54, 1.807) is 7.11 Å². The van der Waals surface area contributed by atoms with Crippen LogP contribution in [0.1, 0.15) is 37.8 Å². The first-order valence-electron chi connectivity index (χ1n) is 6.66. The molecule has 3 nitrogen and oxygen atoms in total. The zero-order chi connectivity index (χ0) is 14.4. The van der Waals surface area contributed by atoms with Gasteiger partial charge in [-0.15, -0.1) is 0 Å². The Bertz CT molecular complexity index is 434. The molecule has 2 N–H and O–H groups in total. The van der Waals surface area contributed by atoms with E-state index in [0.29, 0.717) is 11.0 Å². The van der Waals surface area contributed by atoms with E-state index in [4.69, 9.17) is 22.7 Å². The zero-order valence-electron chi connectivity index (χ0n) is 12.3. The van der Waals surface area contributed by atoms with E-state index < -0.39 is 0 Å². The Hall–Kier alpha value is -1.13. The Morgan fingerprint density at radius 3 is 2.68 bits per heavy atom. The fourth-order valence-electron chi connectivity index (χ4n) is 2.13. The average molecular weight is 280 g/mol. The molecule has 1 atom stereocenters. The SMILES string of the molecule is CCCC(C)N(C)Cc1ccc(OC)c(C(N)=S)c1. The molecule has 0 spiro atoms. The second-order valence-electron chi connectivity index (χ2n) is 4.95. The van der Waals surface area contributed by atoms with Gasteiger partial charge in [-0.05, 0) is 38.1 Å². The summed E-state index contributed by atoms with van der Waals surface area (Å²) < 4.78 is 5.27. The summed E-state index contributed by atoms with van der Waals surface area (Å²) in [4.78, 5) is 2.72. The van der Waals surface area contributed by atoms with Crippen LogP contribution < -0.4 is 10.5 Å². The number of ether oxygens (including phenoxy) is 1. The summed E-state index contributed by atoms with van der Waals surface area (Å²) in [5, 5.41) is 0. The van der Waals surface area contributed by atoms with Gasteiger partial charge in [0.15, 0.2) is 0 Å². The van der Waals surface area contributed by atoms with Gasteiger partial charge in [0, 0.05) is 12.6 Å². The van der Waals surface area contributed by atoms with E-state index in [0.717, 1.165) is 17.9 Å². The van der Waals surface area contributed by atoms with Gasteiger partial charge in [-0.2, -0.15) is 0 Å². The van der Waals surface area contributed by atoms with Gasteiger partial charge in [-0.25, -0.2) is 0 Å². The van der Waals surface area contributed by atoms with Gasteiger partial charge in [0.1, 0.15) is 10.7 Å². The molecule has 19 heavy (non-hydrogen) atoms. The summed E-state index contributed by atoms with van der Waals surface area (Å²) in [6.45, 7) is 5.35. The lowest BCUT2D eigenvalue weighted by atomic mass is 10.1. The van der Waals surface area contributed by atoms with Crippen molar-refractivity contribution in [3.05, 3.63) is 29.3 Å². The number of hydrogen-bond acceptors (Lipinski definition) is 3. The number of methoxy groups -OCH3 is 1. The lowest BCUT2D eigenvalue weighted by molar-refractivity contribution is 0.237. The Morgan fingerprint density at radius 1 is 1.47 bits per heavy atom. The largest absolute Gasteiger partial charge is 0.496 e. The molecular weight excluding hydrogens is 256 g/mol. The molecule has 0 aromatic heterocycles. The molecule has 0 bridgehead atoms. The number of nitrogens with zero attached hydrogens (tertiary/aromatic N) is 1. The van der Waals surface area contributed by atoms with Gasteiger partial charge in [0.2, 0.25) is 0 Å². The maximum absolute atomic E-state index is 5.74. The third-order valence-corrected chi connectivity index (χ3v) is 3.64. The number of hydrogen-bond donors (Lipinski definition) is 1. The lowest BCUT2D eigenvalue weighted by Crippen LogP contribution is -2.28. The molecule has 1 rings (SSSR count). The average Bonchev–Trinajstić information content (AvgIpc) is 2.38. The maximum atomic E-state index is 5.74. The number of thiocarbonyl (C=S) groups is 1. The van der Waals surface area contributed by atoms with Crippen LogP contribution in [0.25, 0.3) is 0 Å². The Kier molecular flexibility index (Phi) is 6.25. The van der Waals surface area contributed by atoms with Crippen LogP contribution in [0.3, 0.4) is 0 Å². The minimum absolute atomic E-state index is 0.378. The van der Waals surface area contributed by atoms with E-state index in [9.17, 15) is 0 Å². The number of nitrogens with two attached hydrogens (primary N) is 1. The quantitative estimate of drug-likeness (QED) is 0.779. The van der Waals surface area contributed by atoms with Crippen LogP contribution in [-0.4, -0.2) is 30.1 Å². The smallest absolute Gasteiger partial charge is 0.129 e. The number of benzene rings is 1. The summed E-state index contributed by atoms with van der Waals surface area (Å²) >= 11 is 5.07. The summed E-state index contributed by atoms with van der Waals surface area (Å²) in [5.41, 5.74) is 7.75. The van der Waals surface area contributed by atoms with Crippen molar-refractivity contribution in [2.75, 3.05) is 14.2 Å². The molecule has 4 heteroatoms. The molecule has 0 aliphatic carbocycles. The van der Waals surface area contributed by atoms with Gasteiger partial charge < -0.3 is 10.5 Å². The van der Waals surface area contributed by atoms with Gasteiger partial charge in [-0.1, -0.05) is 31.6 Å². The van der Waals surface area contributed by atoms with Crippen molar-refractivity contribution in [1.29, 1.82) is 0 Å². The molecule has 0 saturated heterocycles. The topological polar surface area (TPSA) is 38.5 Å². The molecule has 0 aliphatic rings. The van der Waals surface area contributed by atoms with Gasteiger partial charge in [-0.3, -0.25) is 4.90 Å². The summed E-state index contributed by atoms with van der Waals surface area (Å²) in [5.74, 6) is 0.737. The van der Waals surface area contributed by atoms with Crippen molar-refractivity contribution in [3.8, 4) is 5.75 Å². The van der Waals surface area contributed by atoms with Gasteiger partial charge in [0.25, 0.3) is 0 Å². The van der Waals surface area contributed by atoms with Crippen LogP contribution in [0.15, 0.2) is 18.2 Å². The van der Waals surface area contributed by atoms with E-state index in [2.05, 4.69) is 31.9 Å². The molecule has 0 radical (unpaired) electrons. The first-order valence-corrected chi connectivity index (χ1v) is 7.07. The maximum Gasteiger partial charge on any atom is 0.129 e. The predicted octanol–water partition coefficient (Wildman–Crippen LogP) is 2.95. The molecule has 106 valence electrons. The van der Waals surface area contributed by atoms with Gasteiger partial charge >= 0.3 is 0 Å². The first-order chi connectivity index (χ1) is 8.99. The van der Waals surface area contributed by atoms with Crippen molar-refractivity contribution in [2.45, 2.75) is 39.3 Å². The Morgan fingerprint density at radius 2 is 2.16 bits per heavy atom. The Balaban J connectivity index is 2.85. The van der Waals surface area contributed by atoms with E-state index in [1.165, 1.54) is 18.4 Å². The highest BCUT2D eigenvalue weighted by atomic mass is 32.1. The summed E-state index contributed by atoms with van der Waals surface area (Å²) in [7, 11) is 3.78.